The normalized spacial score (nSPS) is 18.8. The van der Waals surface area contributed by atoms with E-state index >= 15 is 0 Å². The molecule has 0 saturated heterocycles. The molecule has 8 heteroatoms. The topological polar surface area (TPSA) is 90.4 Å². The van der Waals surface area contributed by atoms with Gasteiger partial charge in [0, 0.05) is 18.3 Å². The third-order valence-electron chi connectivity index (χ3n) is 6.48. The SMILES string of the molecule is COc1cc(N2COc3cc(OCC4CCCC4)ncc3C2=O)c#cc1OC[C@H](O)C1CC1. The number of ether oxygens (including phenoxy) is 4. The maximum absolute atomic E-state index is 13.1. The van der Waals surface area contributed by atoms with Crippen LogP contribution in [0.2, 0.25) is 0 Å². The van der Waals surface area contributed by atoms with Gasteiger partial charge in [-0.25, -0.2) is 4.98 Å². The first kappa shape index (κ1) is 21.7. The van der Waals surface area contributed by atoms with Crippen LogP contribution in [0.5, 0.6) is 23.1 Å². The number of rotatable bonds is 9. The molecule has 1 aromatic carbocycles. The predicted octanol–water partition coefficient (Wildman–Crippen LogP) is 3.41. The highest BCUT2D eigenvalue weighted by molar-refractivity contribution is 6.08. The summed E-state index contributed by atoms with van der Waals surface area (Å²) in [5, 5.41) is 10.0. The largest absolute Gasteiger partial charge is 0.492 e. The average Bonchev–Trinajstić information content (AvgIpc) is 3.57. The summed E-state index contributed by atoms with van der Waals surface area (Å²) in [6.07, 6.45) is 7.94. The van der Waals surface area contributed by atoms with Crippen molar-refractivity contribution in [1.82, 2.24) is 4.98 Å². The quantitative estimate of drug-likeness (QED) is 0.624. The van der Waals surface area contributed by atoms with E-state index in [0.29, 0.717) is 52.8 Å². The molecule has 0 bridgehead atoms. The first-order valence-corrected chi connectivity index (χ1v) is 11.5. The van der Waals surface area contributed by atoms with Gasteiger partial charge < -0.3 is 24.1 Å². The highest BCUT2D eigenvalue weighted by Gasteiger charge is 2.31. The summed E-state index contributed by atoms with van der Waals surface area (Å²) in [5.41, 5.74) is 0.800. The molecule has 1 N–H and O–H groups in total. The Balaban J connectivity index is 1.26. The van der Waals surface area contributed by atoms with Gasteiger partial charge in [0.15, 0.2) is 12.5 Å². The summed E-state index contributed by atoms with van der Waals surface area (Å²) in [6, 6.07) is 9.17. The first-order chi connectivity index (χ1) is 16.1. The van der Waals surface area contributed by atoms with Crippen molar-refractivity contribution in [1.29, 1.82) is 0 Å². The van der Waals surface area contributed by atoms with Crippen LogP contribution >= 0.6 is 0 Å². The molecule has 33 heavy (non-hydrogen) atoms. The molecule has 2 fully saturated rings. The third-order valence-corrected chi connectivity index (χ3v) is 6.48. The highest BCUT2D eigenvalue weighted by Crippen LogP contribution is 2.35. The summed E-state index contributed by atoms with van der Waals surface area (Å²) in [4.78, 5) is 18.8. The van der Waals surface area contributed by atoms with Crippen LogP contribution in [0.15, 0.2) is 18.3 Å². The van der Waals surface area contributed by atoms with Crippen LogP contribution in [-0.2, 0) is 0 Å². The third kappa shape index (κ3) is 4.79. The van der Waals surface area contributed by atoms with Crippen molar-refractivity contribution in [2.24, 2.45) is 11.8 Å². The van der Waals surface area contributed by atoms with Crippen molar-refractivity contribution in [3.8, 4) is 23.1 Å². The lowest BCUT2D eigenvalue weighted by molar-refractivity contribution is 0.0880. The second kappa shape index (κ2) is 9.36. The second-order valence-electron chi connectivity index (χ2n) is 8.88. The fraction of sp³-hybridized carbons (Fsp3) is 0.520. The second-order valence-corrected chi connectivity index (χ2v) is 8.88. The minimum absolute atomic E-state index is 0.0198. The molecular formula is C25H28N2O6. The molecule has 1 aromatic heterocycles. The summed E-state index contributed by atoms with van der Waals surface area (Å²) >= 11 is 0. The Hall–Kier alpha value is -3.18. The molecule has 5 rings (SSSR count). The molecule has 2 aromatic rings. The number of aromatic nitrogens is 1. The number of nitrogens with zero attached hydrogens (tertiary/aromatic N) is 2. The van der Waals surface area contributed by atoms with E-state index in [2.05, 4.69) is 17.1 Å². The number of carbonyl (C=O) groups is 1. The maximum atomic E-state index is 13.1. The van der Waals surface area contributed by atoms with Gasteiger partial charge in [-0.15, -0.1) is 0 Å². The van der Waals surface area contributed by atoms with Crippen molar-refractivity contribution in [3.63, 3.8) is 0 Å². The number of aliphatic hydroxyl groups excluding tert-OH is 1. The Kier molecular flexibility index (Phi) is 6.14. The molecule has 1 amide bonds. The van der Waals surface area contributed by atoms with Gasteiger partial charge in [-0.05, 0) is 49.7 Å². The van der Waals surface area contributed by atoms with E-state index < -0.39 is 6.10 Å². The zero-order chi connectivity index (χ0) is 22.8. The lowest BCUT2D eigenvalue weighted by Crippen LogP contribution is -2.38. The Labute approximate surface area is 193 Å². The number of methoxy groups -OCH3 is 1. The fourth-order valence-electron chi connectivity index (χ4n) is 4.27. The molecule has 0 unspecified atom stereocenters. The van der Waals surface area contributed by atoms with Crippen molar-refractivity contribution < 1.29 is 28.8 Å². The number of hydrogen-bond donors (Lipinski definition) is 1. The average molecular weight is 453 g/mol. The summed E-state index contributed by atoms with van der Waals surface area (Å²) in [6.45, 7) is 0.829. The Morgan fingerprint density at radius 1 is 1.21 bits per heavy atom. The van der Waals surface area contributed by atoms with Gasteiger partial charge in [-0.3, -0.25) is 9.69 Å². The minimum atomic E-state index is -0.504. The van der Waals surface area contributed by atoms with E-state index in [4.69, 9.17) is 18.9 Å². The zero-order valence-electron chi connectivity index (χ0n) is 18.7. The van der Waals surface area contributed by atoms with Crippen LogP contribution < -0.4 is 23.8 Å². The number of fused-ring (bicyclic) bond motifs is 1. The van der Waals surface area contributed by atoms with Crippen LogP contribution in [-0.4, -0.2) is 49.2 Å². The maximum Gasteiger partial charge on any atom is 0.266 e. The molecule has 2 heterocycles. The van der Waals surface area contributed by atoms with Gasteiger partial charge in [0.25, 0.3) is 5.91 Å². The number of anilines is 1. The zero-order valence-corrected chi connectivity index (χ0v) is 18.7. The molecule has 174 valence electrons. The predicted molar refractivity (Wildman–Crippen MR) is 119 cm³/mol. The smallest absolute Gasteiger partial charge is 0.266 e. The molecule has 3 aliphatic rings. The standard InChI is InChI=1S/C25H28N2O6/c1-30-23-10-18(8-9-21(23)31-14-20(28)17-6-7-17)27-15-33-22-11-24(26-12-19(22)25(27)29)32-13-16-4-2-3-5-16/h10-12,16-17,20,28H,2-7,13-15H2,1H3/t20-/m0/s1. The lowest BCUT2D eigenvalue weighted by atomic mass is 10.1. The van der Waals surface area contributed by atoms with Crippen LogP contribution in [0.4, 0.5) is 5.69 Å². The molecule has 0 spiro atoms. The van der Waals surface area contributed by atoms with Gasteiger partial charge in [0.2, 0.25) is 11.6 Å². The van der Waals surface area contributed by atoms with Crippen LogP contribution in [0.25, 0.3) is 0 Å². The van der Waals surface area contributed by atoms with Crippen molar-refractivity contribution in [2.75, 3.05) is 32.0 Å². The molecule has 8 nitrogen and oxygen atoms in total. The first-order valence-electron chi connectivity index (χ1n) is 11.5. The van der Waals surface area contributed by atoms with Gasteiger partial charge >= 0.3 is 0 Å². The molecular weight excluding hydrogens is 424 g/mol. The Morgan fingerprint density at radius 2 is 2.03 bits per heavy atom. The number of amides is 1. The van der Waals surface area contributed by atoms with Gasteiger partial charge in [0.1, 0.15) is 23.6 Å². The van der Waals surface area contributed by atoms with E-state index in [-0.39, 0.29) is 19.2 Å². The van der Waals surface area contributed by atoms with Crippen molar-refractivity contribution in [3.05, 3.63) is 36.0 Å². The van der Waals surface area contributed by atoms with Crippen LogP contribution in [0.3, 0.4) is 0 Å². The summed E-state index contributed by atoms with van der Waals surface area (Å²) < 4.78 is 22.7. The van der Waals surface area contributed by atoms with Crippen LogP contribution in [0, 0.1) is 24.0 Å². The van der Waals surface area contributed by atoms with Crippen LogP contribution in [0.1, 0.15) is 48.9 Å². The number of hydrogen-bond acceptors (Lipinski definition) is 7. The number of carbonyl (C=O) groups excluding carboxylic acids is 1. The van der Waals surface area contributed by atoms with Gasteiger partial charge in [-0.1, -0.05) is 12.8 Å². The van der Waals surface area contributed by atoms with E-state index in [9.17, 15) is 9.90 Å². The minimum Gasteiger partial charge on any atom is -0.492 e. The van der Waals surface area contributed by atoms with Crippen molar-refractivity contribution >= 4 is 11.6 Å². The highest BCUT2D eigenvalue weighted by atomic mass is 16.5. The monoisotopic (exact) mass is 452 g/mol. The molecule has 2 saturated carbocycles. The van der Waals surface area contributed by atoms with Gasteiger partial charge in [0.05, 0.1) is 19.8 Å². The number of pyridine rings is 1. The summed E-state index contributed by atoms with van der Waals surface area (Å²) in [5.74, 6) is 2.31. The van der Waals surface area contributed by atoms with E-state index in [1.54, 1.807) is 12.1 Å². The molecule has 1 atom stereocenters. The fourth-order valence-corrected chi connectivity index (χ4v) is 4.27. The summed E-state index contributed by atoms with van der Waals surface area (Å²) in [7, 11) is 1.51. The molecule has 1 aliphatic heterocycles. The van der Waals surface area contributed by atoms with Gasteiger partial charge in [-0.2, -0.15) is 0 Å². The Bertz CT molecular complexity index is 1000. The number of aliphatic hydroxyl groups is 1. The van der Waals surface area contributed by atoms with E-state index in [1.807, 2.05) is 0 Å². The lowest BCUT2D eigenvalue weighted by Gasteiger charge is -2.28. The Morgan fingerprint density at radius 3 is 2.79 bits per heavy atom. The van der Waals surface area contributed by atoms with Crippen molar-refractivity contribution in [2.45, 2.75) is 44.6 Å². The van der Waals surface area contributed by atoms with E-state index in [0.717, 1.165) is 12.8 Å². The van der Waals surface area contributed by atoms with E-state index in [1.165, 1.54) is 43.9 Å². The molecule has 2 aliphatic carbocycles. The molecule has 0 radical (unpaired) electrons.